The Morgan fingerprint density at radius 2 is 1.84 bits per heavy atom. The van der Waals surface area contributed by atoms with Crippen molar-refractivity contribution in [1.82, 2.24) is 4.90 Å². The van der Waals surface area contributed by atoms with Gasteiger partial charge < -0.3 is 14.4 Å². The minimum Gasteiger partial charge on any atom is -0.478 e. The van der Waals surface area contributed by atoms with Crippen molar-refractivity contribution in [2.45, 2.75) is 13.5 Å². The molecule has 0 unspecified atom stereocenters. The van der Waals surface area contributed by atoms with Crippen molar-refractivity contribution in [2.75, 3.05) is 18.6 Å². The Kier molecular flexibility index (Phi) is 6.41. The number of thioether (sulfide) groups is 1. The van der Waals surface area contributed by atoms with Gasteiger partial charge in [0, 0.05) is 12.6 Å². The maximum Gasteiger partial charge on any atom is 0.339 e. The maximum absolute atomic E-state index is 12.1. The molecule has 0 aliphatic heterocycles. The number of hydrogen-bond acceptors (Lipinski definition) is 5. The Hall–Kier alpha value is -2.54. The molecular formula is C18H19NO5S. The van der Waals surface area contributed by atoms with E-state index in [9.17, 15) is 14.4 Å². The van der Waals surface area contributed by atoms with E-state index in [0.29, 0.717) is 17.1 Å². The third kappa shape index (κ3) is 5.22. The van der Waals surface area contributed by atoms with E-state index in [1.54, 1.807) is 38.2 Å². The molecule has 0 fully saturated rings. The first kappa shape index (κ1) is 18.8. The van der Waals surface area contributed by atoms with E-state index in [2.05, 4.69) is 0 Å². The molecule has 2 rings (SSSR count). The summed E-state index contributed by atoms with van der Waals surface area (Å²) in [5.41, 5.74) is 0.724. The monoisotopic (exact) mass is 361 g/mol. The van der Waals surface area contributed by atoms with Crippen LogP contribution in [-0.4, -0.2) is 46.2 Å². The summed E-state index contributed by atoms with van der Waals surface area (Å²) in [6, 6.07) is 10.4. The summed E-state index contributed by atoms with van der Waals surface area (Å²) in [6.07, 6.45) is 0. The molecule has 1 heterocycles. The summed E-state index contributed by atoms with van der Waals surface area (Å²) in [5, 5.41) is 9.01. The average molecular weight is 361 g/mol. The number of Topliss-reactive ketones (excluding diaryl/α,β-unsaturated/α-hetero) is 1. The molecule has 1 N–H and O–H groups in total. The Morgan fingerprint density at radius 3 is 2.44 bits per heavy atom. The summed E-state index contributed by atoms with van der Waals surface area (Å²) >= 11 is 1.25. The van der Waals surface area contributed by atoms with Crippen LogP contribution in [0.3, 0.4) is 0 Å². The van der Waals surface area contributed by atoms with Crippen molar-refractivity contribution < 1.29 is 23.9 Å². The van der Waals surface area contributed by atoms with E-state index in [-0.39, 0.29) is 35.3 Å². The van der Waals surface area contributed by atoms with Crippen LogP contribution in [0.25, 0.3) is 0 Å². The van der Waals surface area contributed by atoms with Crippen LogP contribution in [0.1, 0.15) is 32.2 Å². The van der Waals surface area contributed by atoms with E-state index >= 15 is 0 Å². The number of furan rings is 1. The lowest BCUT2D eigenvalue weighted by molar-refractivity contribution is -0.127. The molecule has 132 valence electrons. The molecule has 2 aromatic rings. The molecule has 0 aliphatic carbocycles. The molecule has 1 aromatic carbocycles. The van der Waals surface area contributed by atoms with Crippen molar-refractivity contribution in [2.24, 2.45) is 0 Å². The fourth-order valence-corrected chi connectivity index (χ4v) is 3.05. The van der Waals surface area contributed by atoms with Crippen molar-refractivity contribution in [1.29, 1.82) is 0 Å². The number of aromatic carboxylic acids is 1. The number of nitrogens with zero attached hydrogens (tertiary/aromatic N) is 1. The van der Waals surface area contributed by atoms with E-state index in [0.717, 1.165) is 0 Å². The smallest absolute Gasteiger partial charge is 0.339 e. The molecular weight excluding hydrogens is 342 g/mol. The van der Waals surface area contributed by atoms with Gasteiger partial charge in [0.2, 0.25) is 5.91 Å². The highest BCUT2D eigenvalue weighted by molar-refractivity contribution is 8.00. The lowest BCUT2D eigenvalue weighted by atomic mass is 10.2. The number of carboxylic acid groups (broad SMARTS) is 1. The van der Waals surface area contributed by atoms with Crippen LogP contribution < -0.4 is 0 Å². The maximum atomic E-state index is 12.1. The number of benzene rings is 1. The van der Waals surface area contributed by atoms with Gasteiger partial charge in [-0.15, -0.1) is 11.8 Å². The number of hydrogen-bond donors (Lipinski definition) is 1. The van der Waals surface area contributed by atoms with Crippen molar-refractivity contribution in [3.05, 3.63) is 59.0 Å². The van der Waals surface area contributed by atoms with Gasteiger partial charge in [-0.25, -0.2) is 4.79 Å². The van der Waals surface area contributed by atoms with Gasteiger partial charge in [0.25, 0.3) is 0 Å². The minimum atomic E-state index is -1.06. The van der Waals surface area contributed by atoms with Gasteiger partial charge in [-0.1, -0.05) is 30.3 Å². The van der Waals surface area contributed by atoms with E-state index < -0.39 is 5.97 Å². The highest BCUT2D eigenvalue weighted by Crippen LogP contribution is 2.16. The Morgan fingerprint density at radius 1 is 1.16 bits per heavy atom. The number of carbonyl (C=O) groups excluding carboxylic acids is 2. The number of aryl methyl sites for hydroxylation is 1. The predicted octanol–water partition coefficient (Wildman–Crippen LogP) is 2.86. The topological polar surface area (TPSA) is 87.8 Å². The van der Waals surface area contributed by atoms with Crippen LogP contribution in [0.2, 0.25) is 0 Å². The third-order valence-electron chi connectivity index (χ3n) is 3.57. The SMILES string of the molecule is Cc1oc(CN(C)C(=O)CSCC(=O)c2ccccc2)cc1C(=O)O. The van der Waals surface area contributed by atoms with Crippen LogP contribution in [0.4, 0.5) is 0 Å². The van der Waals surface area contributed by atoms with E-state index in [1.165, 1.54) is 22.7 Å². The number of carbonyl (C=O) groups is 3. The van der Waals surface area contributed by atoms with Gasteiger partial charge in [-0.05, 0) is 13.0 Å². The molecule has 0 radical (unpaired) electrons. The van der Waals surface area contributed by atoms with Crippen LogP contribution in [0, 0.1) is 6.92 Å². The standard InChI is InChI=1S/C18H19NO5S/c1-12-15(18(22)23)8-14(24-12)9-19(2)17(21)11-25-10-16(20)13-6-4-3-5-7-13/h3-8H,9-11H2,1-2H3,(H,22,23). The minimum absolute atomic E-state index is 0.0196. The third-order valence-corrected chi connectivity index (χ3v) is 4.49. The van der Waals surface area contributed by atoms with Crippen LogP contribution in [0.5, 0.6) is 0 Å². The number of ketones is 1. The van der Waals surface area contributed by atoms with Crippen LogP contribution in [-0.2, 0) is 11.3 Å². The van der Waals surface area contributed by atoms with Crippen molar-refractivity contribution >= 4 is 29.4 Å². The van der Waals surface area contributed by atoms with Crippen molar-refractivity contribution in [3.63, 3.8) is 0 Å². The number of rotatable bonds is 8. The van der Waals surface area contributed by atoms with E-state index in [4.69, 9.17) is 9.52 Å². The summed E-state index contributed by atoms with van der Waals surface area (Å²) < 4.78 is 5.36. The van der Waals surface area contributed by atoms with Crippen LogP contribution in [0.15, 0.2) is 40.8 Å². The fraction of sp³-hybridized carbons (Fsp3) is 0.278. The summed E-state index contributed by atoms with van der Waals surface area (Å²) in [5.74, 6) is -0.114. The van der Waals surface area contributed by atoms with E-state index in [1.807, 2.05) is 6.07 Å². The lowest BCUT2D eigenvalue weighted by Gasteiger charge is -2.15. The molecule has 0 spiro atoms. The second-order valence-electron chi connectivity index (χ2n) is 5.52. The Bertz CT molecular complexity index is 769. The van der Waals surface area contributed by atoms with Crippen LogP contribution >= 0.6 is 11.8 Å². The summed E-state index contributed by atoms with van der Waals surface area (Å²) in [6.45, 7) is 1.75. The zero-order chi connectivity index (χ0) is 18.4. The molecule has 0 aliphatic rings. The molecule has 1 amide bonds. The normalized spacial score (nSPS) is 10.5. The predicted molar refractivity (Wildman–Crippen MR) is 95.0 cm³/mol. The fourth-order valence-electron chi connectivity index (χ4n) is 2.20. The number of carboxylic acids is 1. The average Bonchev–Trinajstić information content (AvgIpc) is 2.96. The zero-order valence-corrected chi connectivity index (χ0v) is 14.8. The van der Waals surface area contributed by atoms with Crippen molar-refractivity contribution in [3.8, 4) is 0 Å². The molecule has 0 saturated carbocycles. The molecule has 25 heavy (non-hydrogen) atoms. The highest BCUT2D eigenvalue weighted by atomic mass is 32.2. The van der Waals surface area contributed by atoms with Gasteiger partial charge >= 0.3 is 5.97 Å². The Labute approximate surface area is 149 Å². The molecule has 0 saturated heterocycles. The lowest BCUT2D eigenvalue weighted by Crippen LogP contribution is -2.28. The van der Waals surface area contributed by atoms with Gasteiger partial charge in [-0.3, -0.25) is 9.59 Å². The first-order valence-electron chi connectivity index (χ1n) is 7.61. The second kappa shape index (κ2) is 8.53. The first-order chi connectivity index (χ1) is 11.9. The number of amides is 1. The Balaban J connectivity index is 1.81. The molecule has 0 bridgehead atoms. The van der Waals surface area contributed by atoms with Gasteiger partial charge in [0.05, 0.1) is 18.1 Å². The summed E-state index contributed by atoms with van der Waals surface area (Å²) in [7, 11) is 1.61. The zero-order valence-electron chi connectivity index (χ0n) is 14.0. The second-order valence-corrected chi connectivity index (χ2v) is 6.51. The molecule has 0 atom stereocenters. The van der Waals surface area contributed by atoms with Gasteiger partial charge in [0.15, 0.2) is 5.78 Å². The first-order valence-corrected chi connectivity index (χ1v) is 8.76. The largest absolute Gasteiger partial charge is 0.478 e. The van der Waals surface area contributed by atoms with Gasteiger partial charge in [-0.2, -0.15) is 0 Å². The van der Waals surface area contributed by atoms with Gasteiger partial charge in [0.1, 0.15) is 17.1 Å². The highest BCUT2D eigenvalue weighted by Gasteiger charge is 2.17. The molecule has 7 heteroatoms. The molecule has 6 nitrogen and oxygen atoms in total. The summed E-state index contributed by atoms with van der Waals surface area (Å²) in [4.78, 5) is 36.6. The molecule has 1 aromatic heterocycles. The quantitative estimate of drug-likeness (QED) is 0.728.